The van der Waals surface area contributed by atoms with Gasteiger partial charge >= 0.3 is 0 Å². The van der Waals surface area contributed by atoms with Crippen LogP contribution in [0.1, 0.15) is 22.8 Å². The Kier molecular flexibility index (Phi) is 6.44. The predicted octanol–water partition coefficient (Wildman–Crippen LogP) is 4.76. The van der Waals surface area contributed by atoms with Crippen LogP contribution in [0.3, 0.4) is 0 Å². The smallest absolute Gasteiger partial charge is 0.185 e. The van der Waals surface area contributed by atoms with E-state index >= 15 is 0 Å². The molecule has 0 aliphatic carbocycles. The van der Waals surface area contributed by atoms with Gasteiger partial charge in [0.15, 0.2) is 17.3 Å². The minimum atomic E-state index is -0.0992. The normalized spacial score (nSPS) is 10.7. The number of hydrogen-bond donors (Lipinski definition) is 0. The maximum absolute atomic E-state index is 12.3. The first-order valence-corrected chi connectivity index (χ1v) is 8.25. The van der Waals surface area contributed by atoms with Crippen LogP contribution in [-0.4, -0.2) is 26.6 Å². The molecule has 24 heavy (non-hydrogen) atoms. The number of ketones is 1. The van der Waals surface area contributed by atoms with E-state index in [1.54, 1.807) is 44.6 Å². The Balaban J connectivity index is 2.24. The van der Waals surface area contributed by atoms with E-state index in [9.17, 15) is 4.79 Å². The molecule has 0 aliphatic heterocycles. The molecule has 2 aromatic rings. The van der Waals surface area contributed by atoms with E-state index in [2.05, 4.69) is 15.9 Å². The average molecular weight is 391 g/mol. The second kappa shape index (κ2) is 8.55. The molecular weight excluding hydrogens is 372 g/mol. The lowest BCUT2D eigenvalue weighted by Gasteiger charge is -2.12. The van der Waals surface area contributed by atoms with Crippen molar-refractivity contribution < 1.29 is 19.0 Å². The highest BCUT2D eigenvalue weighted by atomic mass is 79.9. The van der Waals surface area contributed by atoms with Crippen molar-refractivity contribution in [2.75, 3.05) is 20.8 Å². The summed E-state index contributed by atoms with van der Waals surface area (Å²) in [4.78, 5) is 12.3. The molecule has 5 heteroatoms. The van der Waals surface area contributed by atoms with Crippen molar-refractivity contribution in [3.8, 4) is 17.2 Å². The number of methoxy groups -OCH3 is 2. The van der Waals surface area contributed by atoms with Crippen LogP contribution in [0.4, 0.5) is 0 Å². The molecule has 2 aromatic carbocycles. The van der Waals surface area contributed by atoms with E-state index in [0.717, 1.165) is 10.0 Å². The van der Waals surface area contributed by atoms with E-state index in [-0.39, 0.29) is 5.78 Å². The molecule has 0 amide bonds. The highest BCUT2D eigenvalue weighted by Gasteiger charge is 2.10. The average Bonchev–Trinajstić information content (AvgIpc) is 2.61. The van der Waals surface area contributed by atoms with Gasteiger partial charge in [0.25, 0.3) is 0 Å². The summed E-state index contributed by atoms with van der Waals surface area (Å²) in [6, 6.07) is 10.8. The van der Waals surface area contributed by atoms with Gasteiger partial charge in [-0.2, -0.15) is 0 Å². The van der Waals surface area contributed by atoms with Crippen LogP contribution >= 0.6 is 15.9 Å². The molecule has 4 nitrogen and oxygen atoms in total. The fourth-order valence-electron chi connectivity index (χ4n) is 2.16. The van der Waals surface area contributed by atoms with E-state index < -0.39 is 0 Å². The van der Waals surface area contributed by atoms with Crippen LogP contribution in [-0.2, 0) is 0 Å². The van der Waals surface area contributed by atoms with Crippen LogP contribution < -0.4 is 14.2 Å². The number of ether oxygens (including phenoxy) is 3. The molecule has 0 atom stereocenters. The van der Waals surface area contributed by atoms with Gasteiger partial charge in [-0.1, -0.05) is 18.2 Å². The van der Waals surface area contributed by atoms with Crippen molar-refractivity contribution in [1.29, 1.82) is 0 Å². The van der Waals surface area contributed by atoms with E-state index in [1.807, 2.05) is 19.1 Å². The summed E-state index contributed by atoms with van der Waals surface area (Å²) in [7, 11) is 3.16. The predicted molar refractivity (Wildman–Crippen MR) is 98.2 cm³/mol. The first kappa shape index (κ1) is 18.1. The van der Waals surface area contributed by atoms with Gasteiger partial charge in [0.2, 0.25) is 0 Å². The third kappa shape index (κ3) is 4.38. The molecule has 0 heterocycles. The Morgan fingerprint density at radius 2 is 1.96 bits per heavy atom. The van der Waals surface area contributed by atoms with E-state index in [1.165, 1.54) is 6.08 Å². The van der Waals surface area contributed by atoms with Crippen molar-refractivity contribution in [3.63, 3.8) is 0 Å². The minimum Gasteiger partial charge on any atom is -0.497 e. The lowest BCUT2D eigenvalue weighted by molar-refractivity contribution is 0.104. The molecule has 0 spiro atoms. The maximum Gasteiger partial charge on any atom is 0.185 e. The van der Waals surface area contributed by atoms with Crippen molar-refractivity contribution in [3.05, 3.63) is 58.1 Å². The topological polar surface area (TPSA) is 44.8 Å². The number of benzene rings is 2. The van der Waals surface area contributed by atoms with Crippen molar-refractivity contribution in [2.24, 2.45) is 0 Å². The monoisotopic (exact) mass is 390 g/mol. The number of carbonyl (C=O) groups excluding carboxylic acids is 1. The zero-order chi connectivity index (χ0) is 17.5. The highest BCUT2D eigenvalue weighted by Crippen LogP contribution is 2.37. The van der Waals surface area contributed by atoms with Crippen molar-refractivity contribution >= 4 is 27.8 Å². The Morgan fingerprint density at radius 3 is 2.62 bits per heavy atom. The third-order valence-electron chi connectivity index (χ3n) is 3.32. The van der Waals surface area contributed by atoms with Crippen LogP contribution in [0, 0.1) is 0 Å². The largest absolute Gasteiger partial charge is 0.497 e. The van der Waals surface area contributed by atoms with Gasteiger partial charge in [-0.15, -0.1) is 0 Å². The number of allylic oxidation sites excluding steroid dienone is 1. The molecule has 0 saturated carbocycles. The molecule has 0 aromatic heterocycles. The molecule has 0 radical (unpaired) electrons. The SMILES string of the molecule is CCOc1c(Br)cc(/C=C/C(=O)c2cccc(OC)c2)cc1OC. The first-order chi connectivity index (χ1) is 11.6. The molecule has 0 bridgehead atoms. The summed E-state index contributed by atoms with van der Waals surface area (Å²) in [5, 5.41) is 0. The van der Waals surface area contributed by atoms with Gasteiger partial charge in [-0.05, 0) is 58.8 Å². The molecule has 0 fully saturated rings. The number of halogens is 1. The van der Waals surface area contributed by atoms with Gasteiger partial charge in [0.1, 0.15) is 5.75 Å². The zero-order valence-corrected chi connectivity index (χ0v) is 15.4. The Morgan fingerprint density at radius 1 is 1.17 bits per heavy atom. The van der Waals surface area contributed by atoms with Gasteiger partial charge in [0, 0.05) is 5.56 Å². The summed E-state index contributed by atoms with van der Waals surface area (Å²) >= 11 is 3.47. The van der Waals surface area contributed by atoms with Crippen molar-refractivity contribution in [1.82, 2.24) is 0 Å². The van der Waals surface area contributed by atoms with Gasteiger partial charge in [-0.3, -0.25) is 4.79 Å². The molecule has 0 unspecified atom stereocenters. The van der Waals surface area contributed by atoms with Gasteiger partial charge in [-0.25, -0.2) is 0 Å². The Bertz CT molecular complexity index is 753. The van der Waals surface area contributed by atoms with E-state index in [0.29, 0.717) is 29.4 Å². The molecule has 2 rings (SSSR count). The first-order valence-electron chi connectivity index (χ1n) is 7.45. The summed E-state index contributed by atoms with van der Waals surface area (Å²) in [6.07, 6.45) is 3.27. The number of hydrogen-bond acceptors (Lipinski definition) is 4. The second-order valence-electron chi connectivity index (χ2n) is 4.90. The highest BCUT2D eigenvalue weighted by molar-refractivity contribution is 9.10. The molecule has 0 saturated heterocycles. The lowest BCUT2D eigenvalue weighted by atomic mass is 10.1. The number of carbonyl (C=O) groups is 1. The Hall–Kier alpha value is -2.27. The van der Waals surface area contributed by atoms with Crippen LogP contribution in [0.5, 0.6) is 17.2 Å². The Labute approximate surface area is 150 Å². The third-order valence-corrected chi connectivity index (χ3v) is 3.91. The quantitative estimate of drug-likeness (QED) is 0.504. The lowest BCUT2D eigenvalue weighted by Crippen LogP contribution is -1.97. The fraction of sp³-hybridized carbons (Fsp3) is 0.211. The standard InChI is InChI=1S/C19H19BrO4/c1-4-24-19-16(20)10-13(11-18(19)23-3)8-9-17(21)14-6-5-7-15(12-14)22-2/h5-12H,4H2,1-3H3/b9-8+. The summed E-state index contributed by atoms with van der Waals surface area (Å²) < 4.78 is 16.8. The summed E-state index contributed by atoms with van der Waals surface area (Å²) in [5.74, 6) is 1.81. The molecular formula is C19H19BrO4. The fourth-order valence-corrected chi connectivity index (χ4v) is 2.74. The summed E-state index contributed by atoms with van der Waals surface area (Å²) in [6.45, 7) is 2.45. The van der Waals surface area contributed by atoms with Crippen LogP contribution in [0.15, 0.2) is 46.9 Å². The molecule has 0 aliphatic rings. The summed E-state index contributed by atoms with van der Waals surface area (Å²) in [5.41, 5.74) is 1.40. The van der Waals surface area contributed by atoms with Crippen LogP contribution in [0.25, 0.3) is 6.08 Å². The zero-order valence-electron chi connectivity index (χ0n) is 13.8. The maximum atomic E-state index is 12.3. The van der Waals surface area contributed by atoms with Crippen molar-refractivity contribution in [2.45, 2.75) is 6.92 Å². The second-order valence-corrected chi connectivity index (χ2v) is 5.75. The van der Waals surface area contributed by atoms with Crippen LogP contribution in [0.2, 0.25) is 0 Å². The molecule has 126 valence electrons. The number of rotatable bonds is 7. The van der Waals surface area contributed by atoms with E-state index in [4.69, 9.17) is 14.2 Å². The minimum absolute atomic E-state index is 0.0992. The van der Waals surface area contributed by atoms with Gasteiger partial charge < -0.3 is 14.2 Å². The van der Waals surface area contributed by atoms with Gasteiger partial charge in [0.05, 0.1) is 25.3 Å². The molecule has 0 N–H and O–H groups in total.